The lowest BCUT2D eigenvalue weighted by Crippen LogP contribution is -2.32. The smallest absolute Gasteiger partial charge is 0.214 e. The molecule has 3 aromatic carbocycles. The normalized spacial score (nSPS) is 11.4. The summed E-state index contributed by atoms with van der Waals surface area (Å²) in [5.74, 6) is 0. The van der Waals surface area contributed by atoms with Crippen molar-refractivity contribution in [2.45, 2.75) is 4.90 Å². The number of hydrogen-bond donors (Lipinski definition) is 0. The van der Waals surface area contributed by atoms with Crippen molar-refractivity contribution in [3.8, 4) is 0 Å². The highest BCUT2D eigenvalue weighted by molar-refractivity contribution is 7.85. The van der Waals surface area contributed by atoms with Gasteiger partial charge in [-0.1, -0.05) is 35.3 Å². The van der Waals surface area contributed by atoms with Crippen molar-refractivity contribution in [3.05, 3.63) is 100 Å². The molecule has 1 aromatic heterocycles. The van der Waals surface area contributed by atoms with E-state index in [1.54, 1.807) is 0 Å². The van der Waals surface area contributed by atoms with Crippen molar-refractivity contribution < 1.29 is 17.5 Å². The zero-order chi connectivity index (χ0) is 24.9. The van der Waals surface area contributed by atoms with Crippen LogP contribution in [0, 0.1) is 0 Å². The zero-order valence-corrected chi connectivity index (χ0v) is 21.3. The van der Waals surface area contributed by atoms with E-state index in [4.69, 9.17) is 23.2 Å². The zero-order valence-electron chi connectivity index (χ0n) is 18.9. The summed E-state index contributed by atoms with van der Waals surface area (Å²) in [6, 6.07) is 23.8. The third kappa shape index (κ3) is 6.81. The summed E-state index contributed by atoms with van der Waals surface area (Å²) >= 11 is 11.6. The van der Waals surface area contributed by atoms with E-state index < -0.39 is 10.1 Å². The Balaban J connectivity index is 0.000000248. The molecule has 0 N–H and O–H groups in total. The molecule has 0 aliphatic heterocycles. The Labute approximate surface area is 210 Å². The fourth-order valence-corrected chi connectivity index (χ4v) is 3.97. The number of benzene rings is 3. The van der Waals surface area contributed by atoms with Gasteiger partial charge in [0.25, 0.3) is 0 Å². The molecule has 0 radical (unpaired) electrons. The lowest BCUT2D eigenvalue weighted by molar-refractivity contribution is -0.646. The van der Waals surface area contributed by atoms with Crippen LogP contribution in [-0.4, -0.2) is 27.1 Å². The largest absolute Gasteiger partial charge is 0.744 e. The molecule has 0 fully saturated rings. The molecule has 0 bridgehead atoms. The van der Waals surface area contributed by atoms with Gasteiger partial charge < -0.3 is 9.45 Å². The minimum Gasteiger partial charge on any atom is -0.744 e. The molecule has 0 aliphatic rings. The number of pyridine rings is 1. The second kappa shape index (κ2) is 11.0. The van der Waals surface area contributed by atoms with Gasteiger partial charge in [-0.25, -0.2) is 8.42 Å². The molecule has 4 rings (SSSR count). The van der Waals surface area contributed by atoms with Crippen molar-refractivity contribution in [2.75, 3.05) is 19.0 Å². The Morgan fingerprint density at radius 3 is 2.00 bits per heavy atom. The van der Waals surface area contributed by atoms with Crippen LogP contribution in [0.25, 0.3) is 23.1 Å². The lowest BCUT2D eigenvalue weighted by Gasteiger charge is -2.11. The molecule has 34 heavy (non-hydrogen) atoms. The third-order valence-corrected chi connectivity index (χ3v) is 6.47. The van der Waals surface area contributed by atoms with Gasteiger partial charge >= 0.3 is 0 Å². The Hall–Kier alpha value is -2.90. The minimum atomic E-state index is -4.33. The molecule has 0 atom stereocenters. The van der Waals surface area contributed by atoms with Crippen molar-refractivity contribution in [1.29, 1.82) is 0 Å². The number of aromatic nitrogens is 1. The first-order valence-electron chi connectivity index (χ1n) is 10.3. The molecule has 4 aromatic rings. The van der Waals surface area contributed by atoms with Crippen molar-refractivity contribution in [2.24, 2.45) is 7.05 Å². The fourth-order valence-electron chi connectivity index (χ4n) is 3.21. The monoisotopic (exact) mass is 514 g/mol. The van der Waals surface area contributed by atoms with Gasteiger partial charge in [0.05, 0.1) is 4.90 Å². The highest BCUT2D eigenvalue weighted by atomic mass is 35.5. The van der Waals surface area contributed by atoms with Gasteiger partial charge in [-0.3, -0.25) is 0 Å². The molecule has 8 heteroatoms. The van der Waals surface area contributed by atoms with E-state index in [0.29, 0.717) is 5.02 Å². The number of fused-ring (bicyclic) bond motifs is 1. The molecule has 0 spiro atoms. The summed E-state index contributed by atoms with van der Waals surface area (Å²) in [5.41, 5.74) is 4.65. The number of nitrogens with zero attached hydrogens (tertiary/aromatic N) is 2. The molecule has 0 saturated carbocycles. The van der Waals surface area contributed by atoms with E-state index >= 15 is 0 Å². The molecule has 0 saturated heterocycles. The van der Waals surface area contributed by atoms with Crippen molar-refractivity contribution in [1.82, 2.24) is 0 Å². The number of rotatable bonds is 4. The maximum Gasteiger partial charge on any atom is 0.214 e. The van der Waals surface area contributed by atoms with Crippen LogP contribution < -0.4 is 9.47 Å². The van der Waals surface area contributed by atoms with Gasteiger partial charge in [-0.15, -0.1) is 0 Å². The van der Waals surface area contributed by atoms with Gasteiger partial charge in [0.1, 0.15) is 17.2 Å². The van der Waals surface area contributed by atoms with E-state index in [2.05, 4.69) is 65.1 Å². The van der Waals surface area contributed by atoms with E-state index in [0.717, 1.165) is 16.2 Å². The topological polar surface area (TPSA) is 64.3 Å². The van der Waals surface area contributed by atoms with Crippen LogP contribution in [-0.2, 0) is 17.2 Å². The van der Waals surface area contributed by atoms with Gasteiger partial charge in [0.2, 0.25) is 11.2 Å². The molecule has 0 aliphatic carbocycles. The second-order valence-electron chi connectivity index (χ2n) is 7.75. The van der Waals surface area contributed by atoms with Crippen molar-refractivity contribution >= 4 is 62.1 Å². The summed E-state index contributed by atoms with van der Waals surface area (Å²) in [5, 5.41) is 2.34. The maximum atomic E-state index is 10.3. The predicted octanol–water partition coefficient (Wildman–Crippen LogP) is 5.80. The maximum absolute atomic E-state index is 10.3. The molecule has 0 amide bonds. The molecular weight excluding hydrogens is 491 g/mol. The Morgan fingerprint density at radius 1 is 0.824 bits per heavy atom. The Morgan fingerprint density at radius 2 is 1.41 bits per heavy atom. The number of aryl methyl sites for hydroxylation is 1. The fraction of sp³-hybridized carbons (Fsp3) is 0.115. The van der Waals surface area contributed by atoms with Crippen LogP contribution in [0.4, 0.5) is 5.69 Å². The highest BCUT2D eigenvalue weighted by Crippen LogP contribution is 2.18. The Kier molecular flexibility index (Phi) is 8.33. The Bertz CT molecular complexity index is 1420. The first-order chi connectivity index (χ1) is 16.0. The van der Waals surface area contributed by atoms with Gasteiger partial charge in [-0.2, -0.15) is 4.57 Å². The summed E-state index contributed by atoms with van der Waals surface area (Å²) in [6.45, 7) is 0. The molecule has 1 heterocycles. The minimum absolute atomic E-state index is 0.262. The van der Waals surface area contributed by atoms with E-state index in [1.807, 2.05) is 32.3 Å². The number of hydrogen-bond acceptors (Lipinski definition) is 4. The van der Waals surface area contributed by atoms with Crippen LogP contribution >= 0.6 is 23.2 Å². The summed E-state index contributed by atoms with van der Waals surface area (Å²) < 4.78 is 33.2. The third-order valence-electron chi connectivity index (χ3n) is 5.13. The van der Waals surface area contributed by atoms with Gasteiger partial charge in [0.15, 0.2) is 0 Å². The number of halogens is 2. The quantitative estimate of drug-likeness (QED) is 0.255. The molecule has 176 valence electrons. The van der Waals surface area contributed by atoms with Crippen molar-refractivity contribution in [3.63, 3.8) is 0 Å². The molecule has 0 unspecified atom stereocenters. The standard InChI is InChI=1S/C20H20ClN2.C6H5ClO3S/c1-22(2)18-10-4-15(5-11-18)6-12-19-13-8-16-7-9-17(21)14-20(16)23(19)3;7-5-1-3-6(4-2-5)11(8,9)10/h4-14H,1-3H3;1-4H,(H,8,9,10)/q+1;/p-1. The van der Waals surface area contributed by atoms with Gasteiger partial charge in [-0.05, 0) is 66.2 Å². The summed E-state index contributed by atoms with van der Waals surface area (Å²) in [6.07, 6.45) is 4.26. The second-order valence-corrected chi connectivity index (χ2v) is 10.0. The molecule has 5 nitrogen and oxygen atoms in total. The average molecular weight is 515 g/mol. The SMILES string of the molecule is CN(C)c1ccc(C=Cc2ccc3ccc(Cl)cc3[n+]2C)cc1.O=S(=O)([O-])c1ccc(Cl)cc1. The van der Waals surface area contributed by atoms with Crippen LogP contribution in [0.5, 0.6) is 0 Å². The lowest BCUT2D eigenvalue weighted by atomic mass is 10.1. The van der Waals surface area contributed by atoms with Crippen LogP contribution in [0.2, 0.25) is 10.0 Å². The van der Waals surface area contributed by atoms with E-state index in [1.165, 1.54) is 40.9 Å². The summed E-state index contributed by atoms with van der Waals surface area (Å²) in [4.78, 5) is 1.84. The first kappa shape index (κ1) is 25.7. The predicted molar refractivity (Wildman–Crippen MR) is 139 cm³/mol. The van der Waals surface area contributed by atoms with Crippen LogP contribution in [0.3, 0.4) is 0 Å². The number of anilines is 1. The van der Waals surface area contributed by atoms with Crippen LogP contribution in [0.1, 0.15) is 11.3 Å². The average Bonchev–Trinajstić information content (AvgIpc) is 2.79. The highest BCUT2D eigenvalue weighted by Gasteiger charge is 2.09. The van der Waals surface area contributed by atoms with E-state index in [-0.39, 0.29) is 4.90 Å². The van der Waals surface area contributed by atoms with Gasteiger partial charge in [0, 0.05) is 53.4 Å². The molecular formula is C26H24Cl2N2O3S. The van der Waals surface area contributed by atoms with Crippen LogP contribution in [0.15, 0.2) is 83.8 Å². The summed E-state index contributed by atoms with van der Waals surface area (Å²) in [7, 11) is 1.83. The first-order valence-corrected chi connectivity index (χ1v) is 12.5. The van der Waals surface area contributed by atoms with E-state index in [9.17, 15) is 13.0 Å².